The fourth-order valence-electron chi connectivity index (χ4n) is 2.16. The highest BCUT2D eigenvalue weighted by Gasteiger charge is 2.09. The Balaban J connectivity index is 1.93. The molecule has 0 aliphatic heterocycles. The topological polar surface area (TPSA) is 112 Å². The molecule has 3 rings (SSSR count). The average molecular weight is 361 g/mol. The number of nitrogens with zero attached hydrogens (tertiary/aromatic N) is 4. The number of hydrazone groups is 1. The minimum atomic E-state index is -0.480. The number of azo groups is 1. The van der Waals surface area contributed by atoms with Gasteiger partial charge in [0.05, 0.1) is 10.6 Å². The van der Waals surface area contributed by atoms with Gasteiger partial charge in [-0.05, 0) is 36.4 Å². The van der Waals surface area contributed by atoms with E-state index in [1.807, 2.05) is 30.3 Å². The third-order valence-corrected chi connectivity index (χ3v) is 3.54. The smallest absolute Gasteiger partial charge is 0.269 e. The van der Waals surface area contributed by atoms with Crippen LogP contribution in [-0.2, 0) is 0 Å². The van der Waals surface area contributed by atoms with Crippen LogP contribution in [0.15, 0.2) is 94.2 Å². The number of phenols is 1. The van der Waals surface area contributed by atoms with E-state index in [-0.39, 0.29) is 23.0 Å². The van der Waals surface area contributed by atoms with Crippen molar-refractivity contribution < 1.29 is 10.0 Å². The molecule has 0 amide bonds. The number of nitro groups is 1. The quantitative estimate of drug-likeness (QED) is 0.222. The van der Waals surface area contributed by atoms with E-state index in [0.717, 1.165) is 5.69 Å². The fourth-order valence-corrected chi connectivity index (χ4v) is 2.16. The zero-order valence-corrected chi connectivity index (χ0v) is 14.1. The van der Waals surface area contributed by atoms with Gasteiger partial charge in [0, 0.05) is 17.7 Å². The third-order valence-electron chi connectivity index (χ3n) is 3.54. The molecule has 8 heteroatoms. The van der Waals surface area contributed by atoms with Crippen molar-refractivity contribution in [3.05, 3.63) is 94.5 Å². The van der Waals surface area contributed by atoms with Gasteiger partial charge in [-0.3, -0.25) is 15.5 Å². The summed E-state index contributed by atoms with van der Waals surface area (Å²) >= 11 is 0. The molecule has 0 aromatic heterocycles. The van der Waals surface area contributed by atoms with Gasteiger partial charge in [0.15, 0.2) is 0 Å². The SMILES string of the molecule is O=[N+]([O-])c1ccc(C(=N/Nc2ccccc2)/N=N/c2ccccc2O)cc1. The third kappa shape index (κ3) is 4.73. The summed E-state index contributed by atoms with van der Waals surface area (Å²) in [4.78, 5) is 10.4. The molecule has 2 N–H and O–H groups in total. The number of non-ortho nitro benzene ring substituents is 1. The molecule has 0 unspecified atom stereocenters. The summed E-state index contributed by atoms with van der Waals surface area (Å²) in [5, 5.41) is 33.0. The summed E-state index contributed by atoms with van der Waals surface area (Å²) in [6, 6.07) is 21.6. The Bertz CT molecular complexity index is 986. The zero-order chi connectivity index (χ0) is 19.1. The van der Waals surface area contributed by atoms with Gasteiger partial charge in [0.1, 0.15) is 11.4 Å². The highest BCUT2D eigenvalue weighted by Crippen LogP contribution is 2.25. The number of nitro benzene ring substituents is 1. The van der Waals surface area contributed by atoms with Crippen LogP contribution in [0, 0.1) is 10.1 Å². The molecule has 3 aromatic rings. The number of anilines is 1. The van der Waals surface area contributed by atoms with Crippen LogP contribution in [0.5, 0.6) is 5.75 Å². The van der Waals surface area contributed by atoms with Crippen molar-refractivity contribution in [3.8, 4) is 5.75 Å². The van der Waals surface area contributed by atoms with Gasteiger partial charge in [-0.1, -0.05) is 30.3 Å². The predicted molar refractivity (Wildman–Crippen MR) is 102 cm³/mol. The normalized spacial score (nSPS) is 11.5. The number of amidine groups is 1. The minimum Gasteiger partial charge on any atom is -0.506 e. The Labute approximate surface area is 154 Å². The number of aromatic hydroxyl groups is 1. The van der Waals surface area contributed by atoms with Crippen molar-refractivity contribution >= 4 is 22.9 Å². The molecule has 0 heterocycles. The van der Waals surface area contributed by atoms with Gasteiger partial charge >= 0.3 is 0 Å². The van der Waals surface area contributed by atoms with E-state index in [1.54, 1.807) is 18.2 Å². The van der Waals surface area contributed by atoms with E-state index in [9.17, 15) is 15.2 Å². The Morgan fingerprint density at radius 3 is 2.26 bits per heavy atom. The monoisotopic (exact) mass is 361 g/mol. The van der Waals surface area contributed by atoms with Gasteiger partial charge in [-0.2, -0.15) is 5.10 Å². The van der Waals surface area contributed by atoms with Crippen molar-refractivity contribution in [2.75, 3.05) is 5.43 Å². The van der Waals surface area contributed by atoms with E-state index in [4.69, 9.17) is 0 Å². The lowest BCUT2D eigenvalue weighted by atomic mass is 10.2. The van der Waals surface area contributed by atoms with Crippen molar-refractivity contribution in [1.29, 1.82) is 0 Å². The lowest BCUT2D eigenvalue weighted by Crippen LogP contribution is -2.01. The van der Waals surface area contributed by atoms with E-state index >= 15 is 0 Å². The zero-order valence-electron chi connectivity index (χ0n) is 14.1. The second-order valence-corrected chi connectivity index (χ2v) is 5.41. The van der Waals surface area contributed by atoms with Crippen LogP contribution in [-0.4, -0.2) is 15.9 Å². The maximum Gasteiger partial charge on any atom is 0.269 e. The number of phenolic OH excluding ortho intramolecular Hbond substituents is 1. The van der Waals surface area contributed by atoms with Gasteiger partial charge in [0.25, 0.3) is 5.69 Å². The molecular weight excluding hydrogens is 346 g/mol. The Morgan fingerprint density at radius 1 is 0.926 bits per heavy atom. The molecule has 0 bridgehead atoms. The second-order valence-electron chi connectivity index (χ2n) is 5.41. The number of rotatable bonds is 5. The molecule has 0 saturated heterocycles. The summed E-state index contributed by atoms with van der Waals surface area (Å²) in [5.41, 5.74) is 4.39. The van der Waals surface area contributed by atoms with Crippen LogP contribution in [0.25, 0.3) is 0 Å². The van der Waals surface area contributed by atoms with Crippen molar-refractivity contribution in [2.24, 2.45) is 15.3 Å². The number of para-hydroxylation sites is 2. The number of benzene rings is 3. The lowest BCUT2D eigenvalue weighted by Gasteiger charge is -2.03. The summed E-state index contributed by atoms with van der Waals surface area (Å²) in [5.74, 6) is 0.192. The van der Waals surface area contributed by atoms with Crippen molar-refractivity contribution in [3.63, 3.8) is 0 Å². The highest BCUT2D eigenvalue weighted by atomic mass is 16.6. The molecule has 8 nitrogen and oxygen atoms in total. The predicted octanol–water partition coefficient (Wildman–Crippen LogP) is 4.86. The van der Waals surface area contributed by atoms with E-state index < -0.39 is 4.92 Å². The molecule has 0 aliphatic carbocycles. The maximum atomic E-state index is 10.8. The van der Waals surface area contributed by atoms with Gasteiger partial charge in [-0.15, -0.1) is 10.2 Å². The molecule has 3 aromatic carbocycles. The standard InChI is InChI=1S/C19H15N5O3/c25-18-9-5-4-8-17(18)21-23-19(22-20-15-6-2-1-3-7-15)14-10-12-16(13-11-14)24(26)27/h1-13,20,25H/b22-19-,23-21+. The number of nitrogens with one attached hydrogen (secondary N) is 1. The molecule has 0 radical (unpaired) electrons. The first-order valence-electron chi connectivity index (χ1n) is 7.97. The van der Waals surface area contributed by atoms with Crippen LogP contribution in [0.4, 0.5) is 17.1 Å². The average Bonchev–Trinajstić information content (AvgIpc) is 2.70. The summed E-state index contributed by atoms with van der Waals surface area (Å²) in [6.45, 7) is 0. The first-order chi connectivity index (χ1) is 13.1. The lowest BCUT2D eigenvalue weighted by molar-refractivity contribution is -0.384. The molecule has 0 spiro atoms. The maximum absolute atomic E-state index is 10.8. The van der Waals surface area contributed by atoms with Crippen molar-refractivity contribution in [1.82, 2.24) is 0 Å². The van der Waals surface area contributed by atoms with E-state index in [2.05, 4.69) is 20.8 Å². The minimum absolute atomic E-state index is 0.0136. The Hall–Kier alpha value is -4.07. The number of hydrogen-bond acceptors (Lipinski definition) is 6. The molecule has 0 atom stereocenters. The highest BCUT2D eigenvalue weighted by molar-refractivity contribution is 5.99. The summed E-state index contributed by atoms with van der Waals surface area (Å²) in [6.07, 6.45) is 0. The molecule has 0 aliphatic rings. The Morgan fingerprint density at radius 2 is 1.59 bits per heavy atom. The molecule has 27 heavy (non-hydrogen) atoms. The van der Waals surface area contributed by atoms with Crippen LogP contribution >= 0.6 is 0 Å². The van der Waals surface area contributed by atoms with Gasteiger partial charge in [-0.25, -0.2) is 0 Å². The number of hydrogen-bond donors (Lipinski definition) is 2. The molecular formula is C19H15N5O3. The fraction of sp³-hybridized carbons (Fsp3) is 0. The van der Waals surface area contributed by atoms with Gasteiger partial charge < -0.3 is 5.11 Å². The van der Waals surface area contributed by atoms with Crippen LogP contribution in [0.2, 0.25) is 0 Å². The summed E-state index contributed by atoms with van der Waals surface area (Å²) < 4.78 is 0. The second kappa shape index (κ2) is 8.34. The van der Waals surface area contributed by atoms with E-state index in [1.165, 1.54) is 30.3 Å². The van der Waals surface area contributed by atoms with Crippen molar-refractivity contribution in [2.45, 2.75) is 0 Å². The first-order valence-corrected chi connectivity index (χ1v) is 7.97. The molecule has 0 fully saturated rings. The molecule has 0 saturated carbocycles. The Kier molecular flexibility index (Phi) is 5.48. The van der Waals surface area contributed by atoms with Crippen LogP contribution in [0.1, 0.15) is 5.56 Å². The largest absolute Gasteiger partial charge is 0.506 e. The van der Waals surface area contributed by atoms with Crippen LogP contribution < -0.4 is 5.43 Å². The van der Waals surface area contributed by atoms with E-state index in [0.29, 0.717) is 5.56 Å². The van der Waals surface area contributed by atoms with Gasteiger partial charge in [0.2, 0.25) is 5.84 Å². The molecule has 134 valence electrons. The van der Waals surface area contributed by atoms with Crippen LogP contribution in [0.3, 0.4) is 0 Å². The summed E-state index contributed by atoms with van der Waals surface area (Å²) in [7, 11) is 0. The first kappa shape index (κ1) is 17.7.